The van der Waals surface area contributed by atoms with Gasteiger partial charge in [-0.05, 0) is 57.0 Å². The number of piperidine rings is 3. The third-order valence-electron chi connectivity index (χ3n) is 5.92. The molecule has 0 aliphatic carbocycles. The lowest BCUT2D eigenvalue weighted by atomic mass is 9.78. The molecular weight excluding hydrogens is 326 g/mol. The van der Waals surface area contributed by atoms with E-state index >= 15 is 0 Å². The van der Waals surface area contributed by atoms with Crippen molar-refractivity contribution >= 4 is 5.71 Å². The van der Waals surface area contributed by atoms with E-state index in [0.29, 0.717) is 18.6 Å². The number of ether oxygens (including phenoxy) is 2. The van der Waals surface area contributed by atoms with Gasteiger partial charge >= 0.3 is 0 Å². The van der Waals surface area contributed by atoms with Crippen LogP contribution in [0, 0.1) is 5.92 Å². The quantitative estimate of drug-likeness (QED) is 0.720. The maximum absolute atomic E-state index is 5.98. The number of hydrogen-bond acceptors (Lipinski definition) is 5. The molecule has 0 radical (unpaired) electrons. The largest absolute Gasteiger partial charge is 0.490 e. The highest BCUT2D eigenvalue weighted by atomic mass is 16.5. The van der Waals surface area contributed by atoms with E-state index in [0.717, 1.165) is 24.5 Å². The molecule has 0 aromatic heterocycles. The predicted octanol–water partition coefficient (Wildman–Crippen LogP) is 3.75. The van der Waals surface area contributed by atoms with Gasteiger partial charge in [-0.2, -0.15) is 5.10 Å². The second-order valence-electron chi connectivity index (χ2n) is 7.59. The third-order valence-corrected chi connectivity index (χ3v) is 5.92. The van der Waals surface area contributed by atoms with Crippen molar-refractivity contribution in [3.63, 3.8) is 0 Å². The van der Waals surface area contributed by atoms with E-state index < -0.39 is 0 Å². The Labute approximate surface area is 156 Å². The molecule has 4 heterocycles. The van der Waals surface area contributed by atoms with Gasteiger partial charge in [-0.15, -0.1) is 0 Å². The molecule has 3 fully saturated rings. The Bertz CT molecular complexity index is 653. The topological polar surface area (TPSA) is 46.1 Å². The molecule has 0 spiro atoms. The van der Waals surface area contributed by atoms with Crippen molar-refractivity contribution in [1.29, 1.82) is 0 Å². The zero-order valence-electron chi connectivity index (χ0n) is 16.0. The number of unbranched alkanes of at least 4 members (excludes halogenated alkanes) is 2. The Hall–Kier alpha value is -1.75. The van der Waals surface area contributed by atoms with Gasteiger partial charge in [-0.25, -0.2) is 0 Å². The van der Waals surface area contributed by atoms with Crippen LogP contribution in [0.4, 0.5) is 0 Å². The first-order chi connectivity index (χ1) is 12.8. The van der Waals surface area contributed by atoms with Crippen LogP contribution in [-0.2, 0) is 0 Å². The lowest BCUT2D eigenvalue weighted by Gasteiger charge is -2.45. The summed E-state index contributed by atoms with van der Waals surface area (Å²) in [6.45, 7) is 8.02. The van der Waals surface area contributed by atoms with Crippen LogP contribution in [0.15, 0.2) is 23.3 Å². The van der Waals surface area contributed by atoms with Crippen LogP contribution in [0.5, 0.6) is 11.5 Å². The van der Waals surface area contributed by atoms with Crippen molar-refractivity contribution in [2.75, 3.05) is 26.3 Å². The van der Waals surface area contributed by atoms with Crippen LogP contribution in [-0.4, -0.2) is 43.0 Å². The minimum Gasteiger partial charge on any atom is -0.490 e. The molecule has 2 unspecified atom stereocenters. The maximum atomic E-state index is 5.98. The average molecular weight is 357 g/mol. The van der Waals surface area contributed by atoms with Gasteiger partial charge in [0, 0.05) is 5.92 Å². The van der Waals surface area contributed by atoms with Gasteiger partial charge in [0.1, 0.15) is 0 Å². The minimum atomic E-state index is 0.224. The number of rotatable bonds is 8. The van der Waals surface area contributed by atoms with Crippen LogP contribution in [0.2, 0.25) is 0 Å². The molecule has 0 amide bonds. The SMILES string of the molecule is CCCCCOc1ccc(C2NN=C3C4CCN(CC4)C32)cc1OCC. The average Bonchev–Trinajstić information content (AvgIpc) is 3.15. The van der Waals surface area contributed by atoms with Gasteiger partial charge in [0.05, 0.1) is 31.0 Å². The molecule has 1 aromatic rings. The van der Waals surface area contributed by atoms with E-state index in [1.165, 1.54) is 50.0 Å². The maximum Gasteiger partial charge on any atom is 0.161 e. The van der Waals surface area contributed by atoms with Crippen molar-refractivity contribution in [1.82, 2.24) is 10.3 Å². The minimum absolute atomic E-state index is 0.224. The molecule has 1 aromatic carbocycles. The molecule has 3 saturated heterocycles. The Kier molecular flexibility index (Phi) is 5.34. The van der Waals surface area contributed by atoms with E-state index in [1.54, 1.807) is 0 Å². The number of nitrogens with one attached hydrogen (secondary N) is 1. The Morgan fingerprint density at radius 2 is 1.96 bits per heavy atom. The van der Waals surface area contributed by atoms with Gasteiger partial charge in [0.25, 0.3) is 0 Å². The number of fused-ring (bicyclic) bond motifs is 2. The molecule has 0 saturated carbocycles. The van der Waals surface area contributed by atoms with Gasteiger partial charge in [0.15, 0.2) is 11.5 Å². The highest BCUT2D eigenvalue weighted by molar-refractivity contribution is 5.95. The van der Waals surface area contributed by atoms with Gasteiger partial charge in [-0.1, -0.05) is 25.8 Å². The summed E-state index contributed by atoms with van der Waals surface area (Å²) in [5.41, 5.74) is 6.02. The molecule has 2 atom stereocenters. The Morgan fingerprint density at radius 3 is 2.73 bits per heavy atom. The Morgan fingerprint density at radius 1 is 1.12 bits per heavy atom. The first-order valence-electron chi connectivity index (χ1n) is 10.3. The van der Waals surface area contributed by atoms with Crippen LogP contribution >= 0.6 is 0 Å². The van der Waals surface area contributed by atoms with Crippen molar-refractivity contribution in [3.05, 3.63) is 23.8 Å². The first-order valence-corrected chi connectivity index (χ1v) is 10.3. The molecule has 1 N–H and O–H groups in total. The molecule has 26 heavy (non-hydrogen) atoms. The summed E-state index contributed by atoms with van der Waals surface area (Å²) >= 11 is 0. The first kappa shape index (κ1) is 17.7. The summed E-state index contributed by atoms with van der Waals surface area (Å²) < 4.78 is 11.9. The molecule has 5 heteroatoms. The molecule has 4 aliphatic rings. The zero-order chi connectivity index (χ0) is 17.9. The molecule has 5 rings (SSSR count). The van der Waals surface area contributed by atoms with Crippen LogP contribution in [0.3, 0.4) is 0 Å². The second kappa shape index (κ2) is 7.87. The van der Waals surface area contributed by atoms with E-state index in [-0.39, 0.29) is 6.04 Å². The normalized spacial score (nSPS) is 29.1. The third kappa shape index (κ3) is 3.29. The highest BCUT2D eigenvalue weighted by Crippen LogP contribution is 2.40. The van der Waals surface area contributed by atoms with E-state index in [1.807, 2.05) is 6.92 Å². The van der Waals surface area contributed by atoms with Gasteiger partial charge in [-0.3, -0.25) is 4.90 Å². The van der Waals surface area contributed by atoms with Crippen LogP contribution < -0.4 is 14.9 Å². The summed E-state index contributed by atoms with van der Waals surface area (Å²) in [6, 6.07) is 7.03. The summed E-state index contributed by atoms with van der Waals surface area (Å²) in [7, 11) is 0. The number of benzene rings is 1. The smallest absolute Gasteiger partial charge is 0.161 e. The summed E-state index contributed by atoms with van der Waals surface area (Å²) in [5.74, 6) is 2.39. The zero-order valence-corrected chi connectivity index (χ0v) is 16.0. The number of hydrazone groups is 1. The highest BCUT2D eigenvalue weighted by Gasteiger charge is 2.46. The van der Waals surface area contributed by atoms with E-state index in [4.69, 9.17) is 14.6 Å². The lowest BCUT2D eigenvalue weighted by Crippen LogP contribution is -2.56. The number of nitrogens with zero attached hydrogens (tertiary/aromatic N) is 2. The van der Waals surface area contributed by atoms with Crippen molar-refractivity contribution in [3.8, 4) is 11.5 Å². The molecule has 142 valence electrons. The summed E-state index contributed by atoms with van der Waals surface area (Å²) in [4.78, 5) is 2.60. The number of hydrogen-bond donors (Lipinski definition) is 1. The standard InChI is InChI=1S/C21H31N3O2/c1-3-5-6-13-26-17-8-7-16(14-18(17)25-4-2)20-21-19(22-23-20)15-9-11-24(21)12-10-15/h7-8,14-15,20-21,23H,3-6,9-13H2,1-2H3. The monoisotopic (exact) mass is 357 g/mol. The second-order valence-corrected chi connectivity index (χ2v) is 7.59. The Balaban J connectivity index is 1.51. The summed E-state index contributed by atoms with van der Waals surface area (Å²) in [5, 5.41) is 4.72. The lowest BCUT2D eigenvalue weighted by molar-refractivity contribution is 0.133. The molecule has 5 nitrogen and oxygen atoms in total. The van der Waals surface area contributed by atoms with E-state index in [2.05, 4.69) is 35.4 Å². The predicted molar refractivity (Wildman–Crippen MR) is 104 cm³/mol. The summed E-state index contributed by atoms with van der Waals surface area (Å²) in [6.07, 6.45) is 6.02. The van der Waals surface area contributed by atoms with Crippen molar-refractivity contribution in [2.24, 2.45) is 11.0 Å². The van der Waals surface area contributed by atoms with E-state index in [9.17, 15) is 0 Å². The van der Waals surface area contributed by atoms with Crippen LogP contribution in [0.25, 0.3) is 0 Å². The molecule has 4 aliphatic heterocycles. The van der Waals surface area contributed by atoms with Crippen LogP contribution in [0.1, 0.15) is 57.6 Å². The fourth-order valence-electron chi connectivity index (χ4n) is 4.55. The van der Waals surface area contributed by atoms with Crippen molar-refractivity contribution < 1.29 is 9.47 Å². The fourth-order valence-corrected chi connectivity index (χ4v) is 4.55. The fraction of sp³-hybridized carbons (Fsp3) is 0.667. The molecular formula is C21H31N3O2. The van der Waals surface area contributed by atoms with Gasteiger partial charge < -0.3 is 14.9 Å². The van der Waals surface area contributed by atoms with Crippen molar-refractivity contribution in [2.45, 2.75) is 58.0 Å². The van der Waals surface area contributed by atoms with Gasteiger partial charge in [0.2, 0.25) is 0 Å². The molecule has 2 bridgehead atoms.